The van der Waals surface area contributed by atoms with Crippen molar-refractivity contribution in [1.29, 1.82) is 0 Å². The van der Waals surface area contributed by atoms with Gasteiger partial charge in [-0.05, 0) is 44.2 Å². The van der Waals surface area contributed by atoms with Crippen LogP contribution in [0.15, 0.2) is 35.3 Å². The molecule has 0 aliphatic carbocycles. The summed E-state index contributed by atoms with van der Waals surface area (Å²) < 4.78 is 0. The van der Waals surface area contributed by atoms with Gasteiger partial charge in [0.1, 0.15) is 12.1 Å². The van der Waals surface area contributed by atoms with Gasteiger partial charge < -0.3 is 32.7 Å². The van der Waals surface area contributed by atoms with Gasteiger partial charge in [0.2, 0.25) is 17.7 Å². The standard InChI is InChI=1S/C27H45N7O3/c1-2-3-4-5-9-16-31-24(35)22(15-11-18-32-27(28)29)33-26(37)23(19-20-12-7-6-8-13-20)34-25(36)21-14-10-17-30-21/h6-8,12-13,21-23,30H,2-5,9-11,14-19H2,1H3,(H,31,35)(H,33,37)(H,34,36)(H4,28,29,32)/t21-,22-,23-/m0/s1. The van der Waals surface area contributed by atoms with E-state index >= 15 is 0 Å². The van der Waals surface area contributed by atoms with E-state index in [2.05, 4.69) is 33.2 Å². The molecular weight excluding hydrogens is 470 g/mol. The fourth-order valence-corrected chi connectivity index (χ4v) is 4.35. The molecule has 2 rings (SSSR count). The molecule has 37 heavy (non-hydrogen) atoms. The molecule has 1 fully saturated rings. The number of nitrogens with two attached hydrogens (primary N) is 2. The molecule has 1 aromatic carbocycles. The highest BCUT2D eigenvalue weighted by molar-refractivity contribution is 5.93. The summed E-state index contributed by atoms with van der Waals surface area (Å²) in [6.07, 6.45) is 8.30. The van der Waals surface area contributed by atoms with Gasteiger partial charge in [0.15, 0.2) is 5.96 Å². The number of carbonyl (C=O) groups is 3. The number of rotatable bonds is 17. The predicted octanol–water partition coefficient (Wildman–Crippen LogP) is 1.09. The average Bonchev–Trinajstić information content (AvgIpc) is 3.43. The monoisotopic (exact) mass is 515 g/mol. The van der Waals surface area contributed by atoms with E-state index in [-0.39, 0.29) is 29.7 Å². The molecule has 1 aliphatic heterocycles. The van der Waals surface area contributed by atoms with Crippen molar-refractivity contribution in [2.45, 2.75) is 89.3 Å². The highest BCUT2D eigenvalue weighted by Gasteiger charge is 2.30. The van der Waals surface area contributed by atoms with Gasteiger partial charge in [-0.1, -0.05) is 62.9 Å². The van der Waals surface area contributed by atoms with E-state index in [0.717, 1.165) is 50.6 Å². The van der Waals surface area contributed by atoms with Crippen molar-refractivity contribution < 1.29 is 14.4 Å². The largest absolute Gasteiger partial charge is 0.370 e. The van der Waals surface area contributed by atoms with Crippen molar-refractivity contribution in [3.63, 3.8) is 0 Å². The Morgan fingerprint density at radius 2 is 1.76 bits per heavy atom. The van der Waals surface area contributed by atoms with Crippen molar-refractivity contribution >= 4 is 23.7 Å². The lowest BCUT2D eigenvalue weighted by Crippen LogP contribution is -2.56. The Kier molecular flexibility index (Phi) is 14.1. The molecule has 0 spiro atoms. The van der Waals surface area contributed by atoms with Crippen LogP contribution in [0.4, 0.5) is 0 Å². The van der Waals surface area contributed by atoms with Gasteiger partial charge in [0.25, 0.3) is 0 Å². The minimum absolute atomic E-state index is 0.0109. The summed E-state index contributed by atoms with van der Waals surface area (Å²) in [6, 6.07) is 7.65. The third-order valence-electron chi connectivity index (χ3n) is 6.45. The van der Waals surface area contributed by atoms with E-state index in [1.807, 2.05) is 30.3 Å². The smallest absolute Gasteiger partial charge is 0.243 e. The van der Waals surface area contributed by atoms with Gasteiger partial charge in [-0.15, -0.1) is 0 Å². The van der Waals surface area contributed by atoms with E-state index in [1.165, 1.54) is 6.42 Å². The Balaban J connectivity index is 2.05. The quantitative estimate of drug-likeness (QED) is 0.103. The summed E-state index contributed by atoms with van der Waals surface area (Å²) in [5, 5.41) is 11.9. The molecule has 3 amide bonds. The maximum absolute atomic E-state index is 13.4. The molecule has 1 aromatic rings. The van der Waals surface area contributed by atoms with Crippen LogP contribution in [-0.2, 0) is 20.8 Å². The summed E-state index contributed by atoms with van der Waals surface area (Å²) >= 11 is 0. The molecule has 10 nitrogen and oxygen atoms in total. The van der Waals surface area contributed by atoms with E-state index in [0.29, 0.717) is 32.4 Å². The first kappa shape index (κ1) is 30.1. The minimum atomic E-state index is -0.806. The lowest BCUT2D eigenvalue weighted by Gasteiger charge is -2.24. The SMILES string of the molecule is CCCCCCCNC(=O)[C@H](CCCN=C(N)N)NC(=O)[C@H](Cc1ccccc1)NC(=O)[C@@H]1CCCN1. The van der Waals surface area contributed by atoms with Gasteiger partial charge in [-0.3, -0.25) is 19.4 Å². The van der Waals surface area contributed by atoms with Crippen LogP contribution in [0.2, 0.25) is 0 Å². The highest BCUT2D eigenvalue weighted by atomic mass is 16.2. The van der Waals surface area contributed by atoms with E-state index in [4.69, 9.17) is 11.5 Å². The maximum Gasteiger partial charge on any atom is 0.243 e. The molecule has 0 radical (unpaired) electrons. The first-order chi connectivity index (χ1) is 17.9. The summed E-state index contributed by atoms with van der Waals surface area (Å²) in [5.74, 6) is -0.839. The van der Waals surface area contributed by atoms with Crippen molar-refractivity contribution in [2.24, 2.45) is 16.5 Å². The van der Waals surface area contributed by atoms with Crippen LogP contribution in [0.3, 0.4) is 0 Å². The highest BCUT2D eigenvalue weighted by Crippen LogP contribution is 2.09. The number of guanidine groups is 1. The Hall–Kier alpha value is -3.14. The zero-order valence-electron chi connectivity index (χ0n) is 22.1. The van der Waals surface area contributed by atoms with E-state index in [9.17, 15) is 14.4 Å². The molecule has 8 N–H and O–H groups in total. The molecule has 0 aromatic heterocycles. The van der Waals surface area contributed by atoms with Gasteiger partial charge in [-0.2, -0.15) is 0 Å². The molecule has 3 atom stereocenters. The summed E-state index contributed by atoms with van der Waals surface area (Å²) in [5.41, 5.74) is 11.7. The Labute approximate surface area is 220 Å². The third-order valence-corrected chi connectivity index (χ3v) is 6.45. The Morgan fingerprint density at radius 1 is 1.00 bits per heavy atom. The number of carbonyl (C=O) groups excluding carboxylic acids is 3. The van der Waals surface area contributed by atoms with Gasteiger partial charge in [0, 0.05) is 19.5 Å². The van der Waals surface area contributed by atoms with Crippen molar-refractivity contribution in [3.05, 3.63) is 35.9 Å². The Bertz CT molecular complexity index is 853. The fraction of sp³-hybridized carbons (Fsp3) is 0.630. The van der Waals surface area contributed by atoms with Crippen LogP contribution in [0.25, 0.3) is 0 Å². The van der Waals surface area contributed by atoms with Crippen LogP contribution in [-0.4, -0.2) is 61.4 Å². The van der Waals surface area contributed by atoms with Crippen LogP contribution >= 0.6 is 0 Å². The molecule has 1 aliphatic rings. The predicted molar refractivity (Wildman–Crippen MR) is 147 cm³/mol. The second kappa shape index (κ2) is 17.3. The van der Waals surface area contributed by atoms with Crippen LogP contribution in [0.1, 0.15) is 70.3 Å². The second-order valence-electron chi connectivity index (χ2n) is 9.62. The number of aliphatic imine (C=N–C) groups is 1. The molecule has 0 unspecified atom stereocenters. The van der Waals surface area contributed by atoms with E-state index in [1.54, 1.807) is 0 Å². The number of unbranched alkanes of at least 4 members (excludes halogenated alkanes) is 4. The number of nitrogens with zero attached hydrogens (tertiary/aromatic N) is 1. The summed E-state index contributed by atoms with van der Waals surface area (Å²) in [6.45, 7) is 3.86. The van der Waals surface area contributed by atoms with Crippen molar-refractivity contribution in [1.82, 2.24) is 21.3 Å². The fourth-order valence-electron chi connectivity index (χ4n) is 4.35. The normalized spacial score (nSPS) is 16.4. The molecule has 0 bridgehead atoms. The number of hydrogen-bond donors (Lipinski definition) is 6. The maximum atomic E-state index is 13.4. The molecule has 206 valence electrons. The molecule has 10 heteroatoms. The minimum Gasteiger partial charge on any atom is -0.370 e. The lowest BCUT2D eigenvalue weighted by atomic mass is 10.0. The number of amides is 3. The first-order valence-corrected chi connectivity index (χ1v) is 13.6. The third kappa shape index (κ3) is 12.1. The van der Waals surface area contributed by atoms with Crippen LogP contribution in [0, 0.1) is 0 Å². The topological polar surface area (TPSA) is 164 Å². The van der Waals surface area contributed by atoms with Crippen LogP contribution < -0.4 is 32.7 Å². The van der Waals surface area contributed by atoms with Crippen molar-refractivity contribution in [2.75, 3.05) is 19.6 Å². The number of nitrogens with one attached hydrogen (secondary N) is 4. The van der Waals surface area contributed by atoms with E-state index < -0.39 is 12.1 Å². The number of benzene rings is 1. The second-order valence-corrected chi connectivity index (χ2v) is 9.62. The summed E-state index contributed by atoms with van der Waals surface area (Å²) in [7, 11) is 0. The molecule has 0 saturated carbocycles. The first-order valence-electron chi connectivity index (χ1n) is 13.6. The van der Waals surface area contributed by atoms with Crippen molar-refractivity contribution in [3.8, 4) is 0 Å². The van der Waals surface area contributed by atoms with Crippen LogP contribution in [0.5, 0.6) is 0 Å². The van der Waals surface area contributed by atoms with Gasteiger partial charge >= 0.3 is 0 Å². The number of hydrogen-bond acceptors (Lipinski definition) is 5. The zero-order valence-corrected chi connectivity index (χ0v) is 22.1. The lowest BCUT2D eigenvalue weighted by molar-refractivity contribution is -0.132. The molecule has 1 saturated heterocycles. The molecular formula is C27H45N7O3. The average molecular weight is 516 g/mol. The van der Waals surface area contributed by atoms with Gasteiger partial charge in [0.05, 0.1) is 6.04 Å². The van der Waals surface area contributed by atoms with Gasteiger partial charge in [-0.25, -0.2) is 0 Å². The molecule has 1 heterocycles. The summed E-state index contributed by atoms with van der Waals surface area (Å²) in [4.78, 5) is 43.2. The Morgan fingerprint density at radius 3 is 2.43 bits per heavy atom. The zero-order chi connectivity index (χ0) is 26.9.